The highest BCUT2D eigenvalue weighted by Crippen LogP contribution is 2.19. The Morgan fingerprint density at radius 3 is 2.55 bits per heavy atom. The number of hydrogen-bond donors (Lipinski definition) is 2. The van der Waals surface area contributed by atoms with E-state index in [1.807, 2.05) is 13.8 Å². The van der Waals surface area contributed by atoms with Crippen LogP contribution >= 0.6 is 0 Å². The summed E-state index contributed by atoms with van der Waals surface area (Å²) in [6.07, 6.45) is 1.14. The van der Waals surface area contributed by atoms with Gasteiger partial charge in [-0.05, 0) is 51.1 Å². The number of primary amides is 1. The van der Waals surface area contributed by atoms with E-state index in [0.717, 1.165) is 6.42 Å². The van der Waals surface area contributed by atoms with Crippen molar-refractivity contribution < 1.29 is 13.9 Å². The van der Waals surface area contributed by atoms with Crippen molar-refractivity contribution in [2.75, 3.05) is 6.54 Å². The van der Waals surface area contributed by atoms with Crippen molar-refractivity contribution in [2.45, 2.75) is 45.3 Å². The summed E-state index contributed by atoms with van der Waals surface area (Å²) >= 11 is 0. The molecule has 1 amide bonds. The van der Waals surface area contributed by atoms with E-state index in [-0.39, 0.29) is 11.9 Å². The Labute approximate surface area is 119 Å². The van der Waals surface area contributed by atoms with Gasteiger partial charge in [-0.15, -0.1) is 0 Å². The Hall–Kier alpha value is -1.62. The van der Waals surface area contributed by atoms with Crippen molar-refractivity contribution in [3.8, 4) is 5.75 Å². The zero-order valence-electron chi connectivity index (χ0n) is 12.3. The van der Waals surface area contributed by atoms with Crippen molar-refractivity contribution in [3.05, 3.63) is 30.1 Å². The fraction of sp³-hybridized carbons (Fsp3) is 0.533. The van der Waals surface area contributed by atoms with Crippen LogP contribution in [0.25, 0.3) is 0 Å². The Kier molecular flexibility index (Phi) is 5.95. The van der Waals surface area contributed by atoms with Crippen LogP contribution in [-0.2, 0) is 4.79 Å². The van der Waals surface area contributed by atoms with Crippen molar-refractivity contribution in [2.24, 2.45) is 5.73 Å². The Bertz CT molecular complexity index is 436. The van der Waals surface area contributed by atoms with E-state index in [1.54, 1.807) is 19.1 Å². The Morgan fingerprint density at radius 2 is 2.05 bits per heavy atom. The van der Waals surface area contributed by atoms with Crippen molar-refractivity contribution in [1.82, 2.24) is 5.32 Å². The molecule has 0 heterocycles. The van der Waals surface area contributed by atoms with Crippen LogP contribution in [-0.4, -0.2) is 24.1 Å². The van der Waals surface area contributed by atoms with Gasteiger partial charge in [0.15, 0.2) is 0 Å². The van der Waals surface area contributed by atoms with Crippen LogP contribution in [0.5, 0.6) is 5.75 Å². The number of hydrogen-bond acceptors (Lipinski definition) is 3. The van der Waals surface area contributed by atoms with E-state index < -0.39 is 11.4 Å². The van der Waals surface area contributed by atoms with Gasteiger partial charge in [-0.25, -0.2) is 4.39 Å². The summed E-state index contributed by atoms with van der Waals surface area (Å²) < 4.78 is 18.5. The van der Waals surface area contributed by atoms with Gasteiger partial charge in [0, 0.05) is 6.42 Å². The molecule has 0 aliphatic rings. The topological polar surface area (TPSA) is 64.3 Å². The van der Waals surface area contributed by atoms with Crippen molar-refractivity contribution >= 4 is 5.91 Å². The number of carbonyl (C=O) groups excluding carboxylic acids is 1. The van der Waals surface area contributed by atoms with Gasteiger partial charge in [-0.1, -0.05) is 6.92 Å². The average molecular weight is 282 g/mol. The van der Waals surface area contributed by atoms with E-state index in [0.29, 0.717) is 18.7 Å². The number of benzene rings is 1. The van der Waals surface area contributed by atoms with Gasteiger partial charge < -0.3 is 15.8 Å². The molecular weight excluding hydrogens is 259 g/mol. The molecule has 0 aromatic heterocycles. The number of nitrogens with two attached hydrogens (primary N) is 1. The summed E-state index contributed by atoms with van der Waals surface area (Å²) in [6.45, 7) is 6.36. The second-order valence-electron chi connectivity index (χ2n) is 5.21. The lowest BCUT2D eigenvalue weighted by molar-refractivity contribution is -0.124. The molecule has 4 nitrogen and oxygen atoms in total. The summed E-state index contributed by atoms with van der Waals surface area (Å²) in [5.74, 6) is -0.140. The standard InChI is InChI=1S/C15H23FN2O2/c1-4-9-18-15(3,14(17)19)10-11(2)20-13-7-5-12(16)6-8-13/h5-8,11,18H,4,9-10H2,1-3H3,(H2,17,19). The van der Waals surface area contributed by atoms with E-state index in [9.17, 15) is 9.18 Å². The number of ether oxygens (including phenoxy) is 1. The zero-order chi connectivity index (χ0) is 15.2. The SMILES string of the molecule is CCCNC(C)(CC(C)Oc1ccc(F)cc1)C(N)=O. The second kappa shape index (κ2) is 7.24. The maximum Gasteiger partial charge on any atom is 0.237 e. The lowest BCUT2D eigenvalue weighted by atomic mass is 9.93. The number of carbonyl (C=O) groups is 1. The van der Waals surface area contributed by atoms with E-state index >= 15 is 0 Å². The van der Waals surface area contributed by atoms with E-state index in [1.165, 1.54) is 12.1 Å². The van der Waals surface area contributed by atoms with Crippen LogP contribution in [0.3, 0.4) is 0 Å². The molecule has 0 bridgehead atoms. The van der Waals surface area contributed by atoms with Gasteiger partial charge in [0.05, 0.1) is 11.6 Å². The smallest absolute Gasteiger partial charge is 0.237 e. The van der Waals surface area contributed by atoms with Crippen molar-refractivity contribution in [1.29, 1.82) is 0 Å². The first-order chi connectivity index (χ1) is 9.37. The van der Waals surface area contributed by atoms with Crippen LogP contribution in [0, 0.1) is 5.82 Å². The number of rotatable bonds is 8. The van der Waals surface area contributed by atoms with Gasteiger partial charge in [-0.3, -0.25) is 4.79 Å². The summed E-state index contributed by atoms with van der Waals surface area (Å²) in [4.78, 5) is 11.6. The van der Waals surface area contributed by atoms with Gasteiger partial charge in [0.2, 0.25) is 5.91 Å². The molecule has 1 rings (SSSR count). The minimum absolute atomic E-state index is 0.220. The molecule has 0 spiro atoms. The Balaban J connectivity index is 2.64. The largest absolute Gasteiger partial charge is 0.491 e. The van der Waals surface area contributed by atoms with Gasteiger partial charge in [-0.2, -0.15) is 0 Å². The highest BCUT2D eigenvalue weighted by atomic mass is 19.1. The van der Waals surface area contributed by atoms with Crippen LogP contribution in [0.15, 0.2) is 24.3 Å². The maximum absolute atomic E-state index is 12.8. The van der Waals surface area contributed by atoms with Crippen molar-refractivity contribution in [3.63, 3.8) is 0 Å². The molecule has 0 fully saturated rings. The molecule has 1 aromatic carbocycles. The highest BCUT2D eigenvalue weighted by molar-refractivity contribution is 5.84. The lowest BCUT2D eigenvalue weighted by Crippen LogP contribution is -2.55. The molecule has 3 N–H and O–H groups in total. The fourth-order valence-corrected chi connectivity index (χ4v) is 2.02. The molecule has 0 aliphatic carbocycles. The first-order valence-corrected chi connectivity index (χ1v) is 6.84. The third-order valence-electron chi connectivity index (χ3n) is 3.16. The molecule has 0 saturated carbocycles. The molecular formula is C15H23FN2O2. The van der Waals surface area contributed by atoms with Gasteiger partial charge in [0.1, 0.15) is 11.6 Å². The molecule has 0 radical (unpaired) electrons. The predicted molar refractivity (Wildman–Crippen MR) is 77.0 cm³/mol. The zero-order valence-corrected chi connectivity index (χ0v) is 12.3. The monoisotopic (exact) mass is 282 g/mol. The third kappa shape index (κ3) is 4.81. The number of halogens is 1. The van der Waals surface area contributed by atoms with Crippen LogP contribution in [0.2, 0.25) is 0 Å². The molecule has 2 unspecified atom stereocenters. The molecule has 0 aliphatic heterocycles. The number of nitrogens with one attached hydrogen (secondary N) is 1. The lowest BCUT2D eigenvalue weighted by Gasteiger charge is -2.30. The molecule has 2 atom stereocenters. The second-order valence-corrected chi connectivity index (χ2v) is 5.21. The van der Waals surface area contributed by atoms with Gasteiger partial charge in [0.25, 0.3) is 0 Å². The summed E-state index contributed by atoms with van der Waals surface area (Å²) in [5, 5.41) is 3.16. The minimum atomic E-state index is -0.810. The molecule has 1 aromatic rings. The van der Waals surface area contributed by atoms with Crippen LogP contribution < -0.4 is 15.8 Å². The third-order valence-corrected chi connectivity index (χ3v) is 3.16. The fourth-order valence-electron chi connectivity index (χ4n) is 2.02. The first kappa shape index (κ1) is 16.4. The van der Waals surface area contributed by atoms with Crippen LogP contribution in [0.4, 0.5) is 4.39 Å². The quantitative estimate of drug-likeness (QED) is 0.768. The van der Waals surface area contributed by atoms with Gasteiger partial charge >= 0.3 is 0 Å². The molecule has 5 heteroatoms. The highest BCUT2D eigenvalue weighted by Gasteiger charge is 2.32. The van der Waals surface area contributed by atoms with Crippen LogP contribution in [0.1, 0.15) is 33.6 Å². The molecule has 112 valence electrons. The Morgan fingerprint density at radius 1 is 1.45 bits per heavy atom. The van der Waals surface area contributed by atoms with E-state index in [2.05, 4.69) is 5.32 Å². The molecule has 20 heavy (non-hydrogen) atoms. The summed E-state index contributed by atoms with van der Waals surface area (Å²) in [6, 6.07) is 5.80. The molecule has 0 saturated heterocycles. The number of amides is 1. The first-order valence-electron chi connectivity index (χ1n) is 6.84. The van der Waals surface area contributed by atoms with E-state index in [4.69, 9.17) is 10.5 Å². The average Bonchev–Trinajstić information content (AvgIpc) is 2.39. The maximum atomic E-state index is 12.8. The summed E-state index contributed by atoms with van der Waals surface area (Å²) in [5.41, 5.74) is 4.66. The summed E-state index contributed by atoms with van der Waals surface area (Å²) in [7, 11) is 0. The predicted octanol–water partition coefficient (Wildman–Crippen LogP) is 2.23. The normalized spacial score (nSPS) is 15.4. The minimum Gasteiger partial charge on any atom is -0.491 e.